The van der Waals surface area contributed by atoms with Gasteiger partial charge < -0.3 is 14.8 Å². The maximum atomic E-state index is 12.9. The summed E-state index contributed by atoms with van der Waals surface area (Å²) < 4.78 is 11.5. The molecule has 170 valence electrons. The van der Waals surface area contributed by atoms with E-state index < -0.39 is 0 Å². The molecule has 2 fully saturated rings. The van der Waals surface area contributed by atoms with E-state index in [1.54, 1.807) is 0 Å². The van der Waals surface area contributed by atoms with Crippen LogP contribution in [0.25, 0.3) is 0 Å². The van der Waals surface area contributed by atoms with Crippen molar-refractivity contribution >= 4 is 5.91 Å². The first-order chi connectivity index (χ1) is 15.7. The number of pyridine rings is 1. The highest BCUT2D eigenvalue weighted by atomic mass is 16.5. The lowest BCUT2D eigenvalue weighted by Crippen LogP contribution is -2.45. The summed E-state index contributed by atoms with van der Waals surface area (Å²) in [5.74, 6) is 1.36. The topological polar surface area (TPSA) is 63.7 Å². The van der Waals surface area contributed by atoms with Crippen molar-refractivity contribution in [2.24, 2.45) is 5.92 Å². The van der Waals surface area contributed by atoms with Crippen LogP contribution in [0.5, 0.6) is 5.75 Å². The van der Waals surface area contributed by atoms with E-state index in [0.29, 0.717) is 12.5 Å². The van der Waals surface area contributed by atoms with Crippen molar-refractivity contribution in [1.29, 1.82) is 0 Å². The van der Waals surface area contributed by atoms with E-state index in [2.05, 4.69) is 40.3 Å². The average molecular weight is 436 g/mol. The van der Waals surface area contributed by atoms with Crippen LogP contribution in [0.15, 0.2) is 42.6 Å². The van der Waals surface area contributed by atoms with E-state index in [4.69, 9.17) is 9.47 Å². The van der Waals surface area contributed by atoms with Crippen LogP contribution < -0.4 is 10.1 Å². The Morgan fingerprint density at radius 1 is 1.25 bits per heavy atom. The van der Waals surface area contributed by atoms with E-state index in [1.807, 2.05) is 24.4 Å². The lowest BCUT2D eigenvalue weighted by molar-refractivity contribution is -0.131. The van der Waals surface area contributed by atoms with Crippen molar-refractivity contribution in [3.8, 4) is 5.75 Å². The van der Waals surface area contributed by atoms with Crippen molar-refractivity contribution in [2.45, 2.75) is 63.8 Å². The number of fused-ring (bicyclic) bond motifs is 1. The van der Waals surface area contributed by atoms with Crippen LogP contribution in [0.1, 0.15) is 55.5 Å². The van der Waals surface area contributed by atoms with Gasteiger partial charge in [-0.05, 0) is 74.4 Å². The first kappa shape index (κ1) is 21.4. The summed E-state index contributed by atoms with van der Waals surface area (Å²) in [5, 5.41) is 3.30. The molecular weight excluding hydrogens is 402 g/mol. The molecule has 1 amide bonds. The minimum atomic E-state index is -0.322. The number of carbonyl (C=O) groups is 1. The van der Waals surface area contributed by atoms with E-state index in [-0.39, 0.29) is 24.2 Å². The smallest absolute Gasteiger partial charge is 0.249 e. The van der Waals surface area contributed by atoms with Gasteiger partial charge in [0.25, 0.3) is 0 Å². The van der Waals surface area contributed by atoms with Crippen LogP contribution in [0.2, 0.25) is 0 Å². The van der Waals surface area contributed by atoms with E-state index >= 15 is 0 Å². The number of likely N-dealkylation sites (tertiary alicyclic amines) is 1. The molecule has 32 heavy (non-hydrogen) atoms. The minimum absolute atomic E-state index is 0.00279. The molecule has 3 aliphatic heterocycles. The molecule has 6 nitrogen and oxygen atoms in total. The van der Waals surface area contributed by atoms with Gasteiger partial charge in [0, 0.05) is 32.3 Å². The number of piperidine rings is 1. The lowest BCUT2D eigenvalue weighted by atomic mass is 9.88. The predicted molar refractivity (Wildman–Crippen MR) is 122 cm³/mol. The van der Waals surface area contributed by atoms with Crippen molar-refractivity contribution in [1.82, 2.24) is 15.2 Å². The minimum Gasteiger partial charge on any atom is -0.490 e. The number of hydrogen-bond donors (Lipinski definition) is 1. The Morgan fingerprint density at radius 3 is 3.00 bits per heavy atom. The third-order valence-electron chi connectivity index (χ3n) is 6.91. The second-order valence-corrected chi connectivity index (χ2v) is 9.45. The largest absolute Gasteiger partial charge is 0.490 e. The fourth-order valence-electron chi connectivity index (χ4n) is 5.36. The number of amides is 1. The molecular formula is C26H33N3O3. The molecule has 4 heterocycles. The summed E-state index contributed by atoms with van der Waals surface area (Å²) >= 11 is 0. The molecule has 6 heteroatoms. The Labute approximate surface area is 190 Å². The first-order valence-electron chi connectivity index (χ1n) is 12.0. The van der Waals surface area contributed by atoms with Crippen molar-refractivity contribution in [3.63, 3.8) is 0 Å². The number of ether oxygens (including phenoxy) is 2. The molecule has 1 aromatic heterocycles. The van der Waals surface area contributed by atoms with Crippen LogP contribution in [0.3, 0.4) is 0 Å². The van der Waals surface area contributed by atoms with Gasteiger partial charge in [0.05, 0.1) is 11.7 Å². The highest BCUT2D eigenvalue weighted by molar-refractivity contribution is 5.81. The summed E-state index contributed by atoms with van der Waals surface area (Å²) in [6.45, 7) is 5.74. The molecule has 2 saturated heterocycles. The van der Waals surface area contributed by atoms with Crippen LogP contribution in [-0.4, -0.2) is 47.7 Å². The number of rotatable bonds is 6. The summed E-state index contributed by atoms with van der Waals surface area (Å²) in [5.41, 5.74) is 3.59. The highest BCUT2D eigenvalue weighted by Crippen LogP contribution is 2.32. The molecule has 4 atom stereocenters. The molecule has 4 unspecified atom stereocenters. The maximum absolute atomic E-state index is 12.9. The zero-order valence-corrected chi connectivity index (χ0v) is 18.8. The molecule has 0 spiro atoms. The molecule has 3 aliphatic rings. The monoisotopic (exact) mass is 435 g/mol. The summed E-state index contributed by atoms with van der Waals surface area (Å²) in [7, 11) is 0. The van der Waals surface area contributed by atoms with Gasteiger partial charge in [-0.15, -0.1) is 0 Å². The number of nitrogens with one attached hydrogen (secondary N) is 1. The van der Waals surface area contributed by atoms with Gasteiger partial charge in [-0.25, -0.2) is 0 Å². The quantitative estimate of drug-likeness (QED) is 0.750. The van der Waals surface area contributed by atoms with Crippen molar-refractivity contribution < 1.29 is 14.3 Å². The van der Waals surface area contributed by atoms with Crippen LogP contribution in [-0.2, 0) is 22.5 Å². The van der Waals surface area contributed by atoms with Crippen molar-refractivity contribution in [3.05, 3.63) is 59.4 Å². The third kappa shape index (κ3) is 4.81. The Kier molecular flexibility index (Phi) is 6.42. The van der Waals surface area contributed by atoms with Gasteiger partial charge in [0.2, 0.25) is 5.91 Å². The second-order valence-electron chi connectivity index (χ2n) is 9.45. The van der Waals surface area contributed by atoms with E-state index in [1.165, 1.54) is 11.1 Å². The van der Waals surface area contributed by atoms with Gasteiger partial charge in [-0.2, -0.15) is 0 Å². The normalized spacial score (nSPS) is 26.3. The molecule has 1 N–H and O–H groups in total. The molecule has 0 saturated carbocycles. The molecule has 0 radical (unpaired) electrons. The van der Waals surface area contributed by atoms with Gasteiger partial charge in [0.15, 0.2) is 0 Å². The Bertz CT molecular complexity index is 929. The van der Waals surface area contributed by atoms with E-state index in [9.17, 15) is 4.79 Å². The first-order valence-corrected chi connectivity index (χ1v) is 12.0. The summed E-state index contributed by atoms with van der Waals surface area (Å²) in [6.07, 6.45) is 6.71. The molecule has 2 aromatic rings. The Balaban J connectivity index is 1.29. The number of benzene rings is 1. The molecule has 5 rings (SSSR count). The number of hydrogen-bond acceptors (Lipinski definition) is 5. The van der Waals surface area contributed by atoms with E-state index in [0.717, 1.165) is 63.2 Å². The van der Waals surface area contributed by atoms with Crippen molar-refractivity contribution in [2.75, 3.05) is 19.7 Å². The lowest BCUT2D eigenvalue weighted by Gasteiger charge is -2.37. The third-order valence-corrected chi connectivity index (χ3v) is 6.91. The Hall–Kier alpha value is -2.44. The summed E-state index contributed by atoms with van der Waals surface area (Å²) in [6, 6.07) is 12.5. The van der Waals surface area contributed by atoms with Gasteiger partial charge in [0.1, 0.15) is 18.0 Å². The molecule has 0 bridgehead atoms. The van der Waals surface area contributed by atoms with Crippen LogP contribution in [0.4, 0.5) is 0 Å². The van der Waals surface area contributed by atoms with Gasteiger partial charge in [-0.1, -0.05) is 18.2 Å². The molecule has 1 aromatic carbocycles. The van der Waals surface area contributed by atoms with Crippen LogP contribution in [0, 0.1) is 5.92 Å². The SMILES string of the molecule is CC1Cc2cc(CN3CCCC(C(NC(=O)C4CCCO4)c4ccccn4)C3)ccc2O1. The maximum Gasteiger partial charge on any atom is 0.249 e. The van der Waals surface area contributed by atoms with Crippen LogP contribution >= 0.6 is 0 Å². The molecule has 0 aliphatic carbocycles. The fourth-order valence-corrected chi connectivity index (χ4v) is 5.36. The standard InChI is InChI=1S/C26H33N3O3/c1-18-14-21-15-19(9-10-23(21)32-18)16-29-12-4-6-20(17-29)25(22-7-2-3-11-27-22)28-26(30)24-8-5-13-31-24/h2-3,7,9-11,15,18,20,24-25H,4-6,8,12-14,16-17H2,1H3,(H,28,30). The van der Waals surface area contributed by atoms with Gasteiger partial charge in [-0.3, -0.25) is 14.7 Å². The highest BCUT2D eigenvalue weighted by Gasteiger charge is 2.33. The Morgan fingerprint density at radius 2 is 2.19 bits per heavy atom. The zero-order chi connectivity index (χ0) is 21.9. The predicted octanol–water partition coefficient (Wildman–Crippen LogP) is 3.65. The number of carbonyl (C=O) groups excluding carboxylic acids is 1. The summed E-state index contributed by atoms with van der Waals surface area (Å²) in [4.78, 5) is 20.0. The average Bonchev–Trinajstić information content (AvgIpc) is 3.47. The second kappa shape index (κ2) is 9.59. The number of nitrogens with zero attached hydrogens (tertiary/aromatic N) is 2. The fraction of sp³-hybridized carbons (Fsp3) is 0.538. The van der Waals surface area contributed by atoms with Gasteiger partial charge >= 0.3 is 0 Å². The number of aromatic nitrogens is 1. The zero-order valence-electron chi connectivity index (χ0n) is 18.8.